The van der Waals surface area contributed by atoms with E-state index >= 15 is 0 Å². The maximum Gasteiger partial charge on any atom is 0.315 e. The average molecular weight is 280 g/mol. The summed E-state index contributed by atoms with van der Waals surface area (Å²) in [7, 11) is 1.85. The molecule has 0 bridgehead atoms. The van der Waals surface area contributed by atoms with E-state index in [4.69, 9.17) is 5.11 Å². The largest absolute Gasteiger partial charge is 0.481 e. The van der Waals surface area contributed by atoms with E-state index in [0.717, 1.165) is 17.7 Å². The van der Waals surface area contributed by atoms with Crippen molar-refractivity contribution in [2.24, 2.45) is 13.0 Å². The molecule has 1 aromatic rings. The van der Waals surface area contributed by atoms with Crippen LogP contribution in [0.1, 0.15) is 30.5 Å². The number of aromatic nitrogens is 2. The van der Waals surface area contributed by atoms with E-state index in [1.807, 2.05) is 14.0 Å². The number of carbonyl (C=O) groups excluding carboxylic acids is 1. The smallest absolute Gasteiger partial charge is 0.315 e. The van der Waals surface area contributed by atoms with Crippen molar-refractivity contribution >= 4 is 12.0 Å². The topological polar surface area (TPSA) is 96.2 Å². The summed E-state index contributed by atoms with van der Waals surface area (Å²) < 4.78 is 1.75. The second-order valence-corrected chi connectivity index (χ2v) is 5.25. The monoisotopic (exact) mass is 280 g/mol. The highest BCUT2D eigenvalue weighted by Gasteiger charge is 2.30. The summed E-state index contributed by atoms with van der Waals surface area (Å²) in [5.41, 5.74) is 1.98. The number of carbonyl (C=O) groups is 2. The molecule has 1 heterocycles. The van der Waals surface area contributed by atoms with E-state index in [1.54, 1.807) is 10.9 Å². The summed E-state index contributed by atoms with van der Waals surface area (Å²) in [6, 6.07) is -0.310. The number of hydrogen-bond donors (Lipinski definition) is 3. The zero-order chi connectivity index (χ0) is 14.7. The minimum atomic E-state index is -0.777. The van der Waals surface area contributed by atoms with E-state index in [1.165, 1.54) is 0 Å². The van der Waals surface area contributed by atoms with Gasteiger partial charge in [-0.3, -0.25) is 9.48 Å². The number of nitrogens with one attached hydrogen (secondary N) is 2. The molecule has 1 aromatic heterocycles. The molecule has 0 aromatic carbocycles. The Kier molecular flexibility index (Phi) is 4.26. The van der Waals surface area contributed by atoms with Gasteiger partial charge in [0.05, 0.1) is 12.1 Å². The number of urea groups is 1. The number of amides is 2. The Bertz CT molecular complexity index is 512. The van der Waals surface area contributed by atoms with Crippen LogP contribution in [0.3, 0.4) is 0 Å². The molecule has 1 fully saturated rings. The Morgan fingerprint density at radius 1 is 1.50 bits per heavy atom. The number of rotatable bonds is 4. The number of carboxylic acid groups (broad SMARTS) is 1. The number of aliphatic carboxylic acids is 1. The standard InChI is InChI=1S/C13H20N4O3/c1-8-10(7-15-17(8)2)6-14-13(20)16-11-4-3-9(5-11)12(18)19/h7,9,11H,3-6H2,1-2H3,(H,18,19)(H2,14,16,20)/t9-,11+/m1/s1. The van der Waals surface area contributed by atoms with Gasteiger partial charge in [-0.25, -0.2) is 4.79 Å². The highest BCUT2D eigenvalue weighted by atomic mass is 16.4. The van der Waals surface area contributed by atoms with Crippen molar-refractivity contribution in [2.45, 2.75) is 38.8 Å². The van der Waals surface area contributed by atoms with Crippen LogP contribution in [0, 0.1) is 12.8 Å². The van der Waals surface area contributed by atoms with Crippen molar-refractivity contribution in [3.63, 3.8) is 0 Å². The highest BCUT2D eigenvalue weighted by molar-refractivity contribution is 5.75. The summed E-state index contributed by atoms with van der Waals surface area (Å²) in [4.78, 5) is 22.6. The minimum absolute atomic E-state index is 0.0499. The molecule has 7 nitrogen and oxygen atoms in total. The SMILES string of the molecule is Cc1c(CNC(=O)N[C@H]2CC[C@@H](C(=O)O)C2)cnn1C. The van der Waals surface area contributed by atoms with Gasteiger partial charge in [0.15, 0.2) is 0 Å². The second-order valence-electron chi connectivity index (χ2n) is 5.25. The number of aryl methyl sites for hydroxylation is 1. The van der Waals surface area contributed by atoms with Crippen molar-refractivity contribution in [1.82, 2.24) is 20.4 Å². The molecule has 1 aliphatic carbocycles. The summed E-state index contributed by atoms with van der Waals surface area (Å²) in [6.07, 6.45) is 3.58. The van der Waals surface area contributed by atoms with Crippen LogP contribution >= 0.6 is 0 Å². The highest BCUT2D eigenvalue weighted by Crippen LogP contribution is 2.25. The molecule has 0 spiro atoms. The summed E-state index contributed by atoms with van der Waals surface area (Å²) in [5, 5.41) is 18.6. The molecule has 0 unspecified atom stereocenters. The van der Waals surface area contributed by atoms with E-state index in [0.29, 0.717) is 19.4 Å². The Hall–Kier alpha value is -2.05. The fraction of sp³-hybridized carbons (Fsp3) is 0.615. The first kappa shape index (κ1) is 14.4. The van der Waals surface area contributed by atoms with E-state index in [2.05, 4.69) is 15.7 Å². The van der Waals surface area contributed by atoms with E-state index in [9.17, 15) is 9.59 Å². The molecular formula is C13H20N4O3. The first-order chi connectivity index (χ1) is 9.47. The third-order valence-corrected chi connectivity index (χ3v) is 3.89. The molecule has 1 saturated carbocycles. The number of hydrogen-bond acceptors (Lipinski definition) is 3. The Morgan fingerprint density at radius 3 is 2.80 bits per heavy atom. The lowest BCUT2D eigenvalue weighted by Crippen LogP contribution is -2.40. The molecule has 2 amide bonds. The van der Waals surface area contributed by atoms with Gasteiger partial charge in [-0.2, -0.15) is 5.10 Å². The first-order valence-electron chi connectivity index (χ1n) is 6.72. The normalized spacial score (nSPS) is 21.7. The summed E-state index contributed by atoms with van der Waals surface area (Å²) in [6.45, 7) is 2.36. The van der Waals surface area contributed by atoms with Gasteiger partial charge < -0.3 is 15.7 Å². The van der Waals surface area contributed by atoms with Crippen LogP contribution in [0.15, 0.2) is 6.20 Å². The van der Waals surface area contributed by atoms with Crippen molar-refractivity contribution in [3.05, 3.63) is 17.5 Å². The molecule has 2 rings (SSSR count). The predicted molar refractivity (Wildman–Crippen MR) is 72.1 cm³/mol. The van der Waals surface area contributed by atoms with E-state index < -0.39 is 5.97 Å². The Labute approximate surface area is 117 Å². The maximum absolute atomic E-state index is 11.8. The molecule has 0 radical (unpaired) electrons. The van der Waals surface area contributed by atoms with Gasteiger partial charge in [0.2, 0.25) is 0 Å². The van der Waals surface area contributed by atoms with Crippen LogP contribution in [-0.2, 0) is 18.4 Å². The van der Waals surface area contributed by atoms with Crippen LogP contribution in [0.25, 0.3) is 0 Å². The summed E-state index contributed by atoms with van der Waals surface area (Å²) >= 11 is 0. The van der Waals surface area contributed by atoms with Crippen LogP contribution in [-0.4, -0.2) is 32.9 Å². The second kappa shape index (κ2) is 5.94. The lowest BCUT2D eigenvalue weighted by molar-refractivity contribution is -0.141. The molecule has 3 N–H and O–H groups in total. The third kappa shape index (κ3) is 3.28. The van der Waals surface area contributed by atoms with Gasteiger partial charge in [-0.05, 0) is 26.2 Å². The number of carboxylic acids is 1. The molecule has 1 aliphatic rings. The van der Waals surface area contributed by atoms with Gasteiger partial charge in [0, 0.05) is 30.9 Å². The van der Waals surface area contributed by atoms with Crippen LogP contribution < -0.4 is 10.6 Å². The Morgan fingerprint density at radius 2 is 2.25 bits per heavy atom. The van der Waals surface area contributed by atoms with Gasteiger partial charge in [0.1, 0.15) is 0 Å². The molecule has 20 heavy (non-hydrogen) atoms. The van der Waals surface area contributed by atoms with Crippen molar-refractivity contribution in [3.8, 4) is 0 Å². The van der Waals surface area contributed by atoms with Crippen LogP contribution in [0.2, 0.25) is 0 Å². The zero-order valence-electron chi connectivity index (χ0n) is 11.7. The van der Waals surface area contributed by atoms with Gasteiger partial charge in [0.25, 0.3) is 0 Å². The van der Waals surface area contributed by atoms with Crippen molar-refractivity contribution in [1.29, 1.82) is 0 Å². The molecule has 0 aliphatic heterocycles. The summed E-state index contributed by atoms with van der Waals surface area (Å²) in [5.74, 6) is -1.11. The van der Waals surface area contributed by atoms with Crippen molar-refractivity contribution < 1.29 is 14.7 Å². The molecule has 2 atom stereocenters. The fourth-order valence-corrected chi connectivity index (χ4v) is 2.47. The minimum Gasteiger partial charge on any atom is -0.481 e. The zero-order valence-corrected chi connectivity index (χ0v) is 11.7. The quantitative estimate of drug-likeness (QED) is 0.759. The van der Waals surface area contributed by atoms with Gasteiger partial charge >= 0.3 is 12.0 Å². The maximum atomic E-state index is 11.8. The third-order valence-electron chi connectivity index (χ3n) is 3.89. The first-order valence-corrected chi connectivity index (χ1v) is 6.72. The fourth-order valence-electron chi connectivity index (χ4n) is 2.47. The van der Waals surface area contributed by atoms with Gasteiger partial charge in [-0.1, -0.05) is 0 Å². The Balaban J connectivity index is 1.76. The molecular weight excluding hydrogens is 260 g/mol. The lowest BCUT2D eigenvalue weighted by atomic mass is 10.1. The molecule has 0 saturated heterocycles. The predicted octanol–water partition coefficient (Wildman–Crippen LogP) is 0.781. The number of nitrogens with zero attached hydrogens (tertiary/aromatic N) is 2. The lowest BCUT2D eigenvalue weighted by Gasteiger charge is -2.13. The van der Waals surface area contributed by atoms with Gasteiger partial charge in [-0.15, -0.1) is 0 Å². The van der Waals surface area contributed by atoms with Crippen LogP contribution in [0.4, 0.5) is 4.79 Å². The molecule has 7 heteroatoms. The van der Waals surface area contributed by atoms with Crippen LogP contribution in [0.5, 0.6) is 0 Å². The van der Waals surface area contributed by atoms with E-state index in [-0.39, 0.29) is 18.0 Å². The van der Waals surface area contributed by atoms with Crippen molar-refractivity contribution in [2.75, 3.05) is 0 Å². The molecule has 110 valence electrons. The average Bonchev–Trinajstić information content (AvgIpc) is 2.97.